The van der Waals surface area contributed by atoms with Crippen molar-refractivity contribution in [3.63, 3.8) is 0 Å². The molecule has 0 bridgehead atoms. The molecule has 2 aromatic heterocycles. The second kappa shape index (κ2) is 6.16. The summed E-state index contributed by atoms with van der Waals surface area (Å²) in [5.74, 6) is -0.144. The lowest BCUT2D eigenvalue weighted by Gasteiger charge is -2.03. The van der Waals surface area contributed by atoms with Gasteiger partial charge in [0.2, 0.25) is 5.91 Å². The molecule has 0 atom stereocenters. The van der Waals surface area contributed by atoms with E-state index < -0.39 is 4.92 Å². The number of amides is 1. The highest BCUT2D eigenvalue weighted by atomic mass is 16.6. The van der Waals surface area contributed by atoms with Gasteiger partial charge < -0.3 is 5.32 Å². The molecule has 112 valence electrons. The highest BCUT2D eigenvalue weighted by molar-refractivity contribution is 5.75. The third-order valence-electron chi connectivity index (χ3n) is 2.93. The fourth-order valence-electron chi connectivity index (χ4n) is 1.87. The number of hydrogen-bond donors (Lipinski definition) is 1. The molecule has 0 saturated heterocycles. The van der Waals surface area contributed by atoms with E-state index in [9.17, 15) is 14.9 Å². The van der Waals surface area contributed by atoms with Crippen molar-refractivity contribution in [2.75, 3.05) is 0 Å². The number of aromatic nitrogens is 4. The summed E-state index contributed by atoms with van der Waals surface area (Å²) in [6.45, 7) is 2.27. The maximum absolute atomic E-state index is 11.7. The molecule has 9 heteroatoms. The van der Waals surface area contributed by atoms with Crippen LogP contribution in [0.25, 0.3) is 0 Å². The first-order chi connectivity index (χ1) is 9.95. The Morgan fingerprint density at radius 3 is 2.81 bits per heavy atom. The number of carbonyl (C=O) groups is 1. The summed E-state index contributed by atoms with van der Waals surface area (Å²) in [5, 5.41) is 21.5. The fourth-order valence-corrected chi connectivity index (χ4v) is 1.87. The number of aryl methyl sites for hydroxylation is 3. The lowest BCUT2D eigenvalue weighted by atomic mass is 10.3. The number of hydrogen-bond acceptors (Lipinski definition) is 5. The second-order valence-electron chi connectivity index (χ2n) is 4.67. The van der Waals surface area contributed by atoms with Gasteiger partial charge in [0.15, 0.2) is 0 Å². The summed E-state index contributed by atoms with van der Waals surface area (Å²) in [7, 11) is 1.80. The highest BCUT2D eigenvalue weighted by Crippen LogP contribution is 2.14. The minimum atomic E-state index is -0.485. The molecule has 2 aromatic rings. The molecule has 0 aliphatic heterocycles. The van der Waals surface area contributed by atoms with Gasteiger partial charge in [0, 0.05) is 38.3 Å². The Morgan fingerprint density at radius 2 is 2.24 bits per heavy atom. The molecule has 21 heavy (non-hydrogen) atoms. The molecule has 0 radical (unpaired) electrons. The van der Waals surface area contributed by atoms with Gasteiger partial charge in [-0.25, -0.2) is 0 Å². The largest absolute Gasteiger partial charge is 0.352 e. The fraction of sp³-hybridized carbons (Fsp3) is 0.417. The Kier molecular flexibility index (Phi) is 4.31. The minimum absolute atomic E-state index is 0.0363. The molecular formula is C12H16N6O3. The molecule has 0 unspecified atom stereocenters. The Balaban J connectivity index is 1.81. The van der Waals surface area contributed by atoms with Crippen LogP contribution < -0.4 is 5.32 Å². The molecule has 0 aliphatic rings. The van der Waals surface area contributed by atoms with E-state index in [2.05, 4.69) is 15.5 Å². The second-order valence-corrected chi connectivity index (χ2v) is 4.67. The Labute approximate surface area is 120 Å². The van der Waals surface area contributed by atoms with E-state index in [0.29, 0.717) is 18.8 Å². The van der Waals surface area contributed by atoms with E-state index in [0.717, 1.165) is 5.56 Å². The van der Waals surface area contributed by atoms with E-state index in [1.165, 1.54) is 10.9 Å². The van der Waals surface area contributed by atoms with Gasteiger partial charge in [0.25, 0.3) is 0 Å². The topological polar surface area (TPSA) is 108 Å². The lowest BCUT2D eigenvalue weighted by molar-refractivity contribution is -0.385. The monoisotopic (exact) mass is 292 g/mol. The lowest BCUT2D eigenvalue weighted by Crippen LogP contribution is -2.23. The van der Waals surface area contributed by atoms with Gasteiger partial charge in [-0.2, -0.15) is 10.2 Å². The standard InChI is InChI=1S/C12H16N6O3/c1-9-11(18(20)21)8-17(15-9)4-3-12(19)13-5-10-6-14-16(2)7-10/h6-8H,3-5H2,1-2H3,(H,13,19). The van der Waals surface area contributed by atoms with Gasteiger partial charge in [0.1, 0.15) is 11.9 Å². The van der Waals surface area contributed by atoms with Gasteiger partial charge in [-0.05, 0) is 6.92 Å². The van der Waals surface area contributed by atoms with Crippen LogP contribution in [0.2, 0.25) is 0 Å². The summed E-state index contributed by atoms with van der Waals surface area (Å²) in [4.78, 5) is 21.9. The van der Waals surface area contributed by atoms with Crippen molar-refractivity contribution in [2.24, 2.45) is 7.05 Å². The first-order valence-corrected chi connectivity index (χ1v) is 6.38. The molecule has 9 nitrogen and oxygen atoms in total. The van der Waals surface area contributed by atoms with Crippen LogP contribution >= 0.6 is 0 Å². The predicted molar refractivity (Wildman–Crippen MR) is 73.3 cm³/mol. The molecule has 2 heterocycles. The quantitative estimate of drug-likeness (QED) is 0.617. The maximum atomic E-state index is 11.7. The van der Waals surface area contributed by atoms with Crippen molar-refractivity contribution in [1.82, 2.24) is 24.9 Å². The van der Waals surface area contributed by atoms with Gasteiger partial charge in [-0.3, -0.25) is 24.3 Å². The zero-order valence-corrected chi connectivity index (χ0v) is 11.8. The number of nitro groups is 1. The number of carbonyl (C=O) groups excluding carboxylic acids is 1. The Hall–Kier alpha value is -2.71. The summed E-state index contributed by atoms with van der Waals surface area (Å²) >= 11 is 0. The average molecular weight is 292 g/mol. The van der Waals surface area contributed by atoms with Crippen molar-refractivity contribution in [2.45, 2.75) is 26.4 Å². The predicted octanol–water partition coefficient (Wildman–Crippen LogP) is 0.540. The normalized spacial score (nSPS) is 10.6. The summed E-state index contributed by atoms with van der Waals surface area (Å²) in [5.41, 5.74) is 1.22. The van der Waals surface area contributed by atoms with Crippen LogP contribution in [0.5, 0.6) is 0 Å². The molecule has 1 N–H and O–H groups in total. The zero-order valence-electron chi connectivity index (χ0n) is 11.8. The van der Waals surface area contributed by atoms with Crippen molar-refractivity contribution in [3.8, 4) is 0 Å². The van der Waals surface area contributed by atoms with Crippen LogP contribution in [0.15, 0.2) is 18.6 Å². The molecule has 0 aliphatic carbocycles. The van der Waals surface area contributed by atoms with Gasteiger partial charge in [0.05, 0.1) is 11.1 Å². The average Bonchev–Trinajstić information content (AvgIpc) is 3.00. The van der Waals surface area contributed by atoms with Crippen LogP contribution in [0, 0.1) is 17.0 Å². The van der Waals surface area contributed by atoms with E-state index in [4.69, 9.17) is 0 Å². The SMILES string of the molecule is Cc1nn(CCC(=O)NCc2cnn(C)c2)cc1[N+](=O)[O-]. The van der Waals surface area contributed by atoms with Crippen LogP contribution in [0.3, 0.4) is 0 Å². The van der Waals surface area contributed by atoms with Crippen LogP contribution in [0.4, 0.5) is 5.69 Å². The van der Waals surface area contributed by atoms with Crippen LogP contribution in [-0.4, -0.2) is 30.4 Å². The molecule has 0 spiro atoms. The zero-order chi connectivity index (χ0) is 15.4. The molecule has 1 amide bonds. The number of nitrogens with one attached hydrogen (secondary N) is 1. The van der Waals surface area contributed by atoms with Crippen molar-refractivity contribution in [3.05, 3.63) is 40.0 Å². The van der Waals surface area contributed by atoms with Gasteiger partial charge in [-0.1, -0.05) is 0 Å². The molecule has 2 rings (SSSR count). The van der Waals surface area contributed by atoms with Crippen molar-refractivity contribution in [1.29, 1.82) is 0 Å². The van der Waals surface area contributed by atoms with Gasteiger partial charge >= 0.3 is 5.69 Å². The first kappa shape index (κ1) is 14.7. The summed E-state index contributed by atoms with van der Waals surface area (Å²) < 4.78 is 3.07. The molecular weight excluding hydrogens is 276 g/mol. The van der Waals surface area contributed by atoms with E-state index in [1.54, 1.807) is 24.9 Å². The van der Waals surface area contributed by atoms with Crippen LogP contribution in [0.1, 0.15) is 17.7 Å². The maximum Gasteiger partial charge on any atom is 0.309 e. The smallest absolute Gasteiger partial charge is 0.309 e. The van der Waals surface area contributed by atoms with E-state index >= 15 is 0 Å². The van der Waals surface area contributed by atoms with Crippen molar-refractivity contribution < 1.29 is 9.72 Å². The summed E-state index contributed by atoms with van der Waals surface area (Å²) in [6.07, 6.45) is 5.04. The Morgan fingerprint density at radius 1 is 1.48 bits per heavy atom. The number of rotatable bonds is 6. The van der Waals surface area contributed by atoms with Gasteiger partial charge in [-0.15, -0.1) is 0 Å². The number of nitrogens with zero attached hydrogens (tertiary/aromatic N) is 5. The van der Waals surface area contributed by atoms with Crippen LogP contribution in [-0.2, 0) is 24.9 Å². The third kappa shape index (κ3) is 3.88. The molecule has 0 saturated carbocycles. The first-order valence-electron chi connectivity index (χ1n) is 6.38. The molecule has 0 aromatic carbocycles. The van der Waals surface area contributed by atoms with Crippen molar-refractivity contribution >= 4 is 11.6 Å². The third-order valence-corrected chi connectivity index (χ3v) is 2.93. The van der Waals surface area contributed by atoms with E-state index in [1.807, 2.05) is 6.20 Å². The van der Waals surface area contributed by atoms with E-state index in [-0.39, 0.29) is 18.0 Å². The minimum Gasteiger partial charge on any atom is -0.352 e. The highest BCUT2D eigenvalue weighted by Gasteiger charge is 2.15. The molecule has 0 fully saturated rings. The summed E-state index contributed by atoms with van der Waals surface area (Å²) in [6, 6.07) is 0. The Bertz CT molecular complexity index is 660.